The SMILES string of the molecule is O=C(O)C(CC1CCCC1)c1ccc(CS(=O)[O-])c([N+](=O)[O-])c1. The van der Waals surface area contributed by atoms with Gasteiger partial charge in [-0.3, -0.25) is 19.1 Å². The van der Waals surface area contributed by atoms with Gasteiger partial charge in [0.15, 0.2) is 0 Å². The zero-order chi connectivity index (χ0) is 17.0. The van der Waals surface area contributed by atoms with Crippen molar-refractivity contribution >= 4 is 22.7 Å². The Hall–Kier alpha value is -1.80. The van der Waals surface area contributed by atoms with Gasteiger partial charge in [0.05, 0.1) is 10.8 Å². The zero-order valence-corrected chi connectivity index (χ0v) is 13.3. The highest BCUT2D eigenvalue weighted by atomic mass is 32.2. The van der Waals surface area contributed by atoms with Crippen molar-refractivity contribution in [3.05, 3.63) is 39.4 Å². The summed E-state index contributed by atoms with van der Waals surface area (Å²) in [6.07, 6.45) is 4.61. The summed E-state index contributed by atoms with van der Waals surface area (Å²) in [5.74, 6) is -1.95. The Kier molecular flexibility index (Phi) is 5.84. The largest absolute Gasteiger partial charge is 0.772 e. The van der Waals surface area contributed by atoms with E-state index in [2.05, 4.69) is 0 Å². The lowest BCUT2D eigenvalue weighted by Crippen LogP contribution is -2.15. The van der Waals surface area contributed by atoms with Gasteiger partial charge in [-0.1, -0.05) is 48.9 Å². The smallest absolute Gasteiger partial charge is 0.310 e. The number of hydrogen-bond acceptors (Lipinski definition) is 5. The first-order valence-corrected chi connectivity index (χ1v) is 8.68. The molecule has 7 nitrogen and oxygen atoms in total. The van der Waals surface area contributed by atoms with Crippen LogP contribution in [0.1, 0.15) is 49.1 Å². The molecule has 0 saturated heterocycles. The third-order valence-corrected chi connectivity index (χ3v) is 4.87. The summed E-state index contributed by atoms with van der Waals surface area (Å²) in [4.78, 5) is 22.0. The molecule has 8 heteroatoms. The molecule has 23 heavy (non-hydrogen) atoms. The number of rotatable bonds is 7. The number of carboxylic acids is 1. The van der Waals surface area contributed by atoms with Crippen molar-refractivity contribution in [1.82, 2.24) is 0 Å². The average Bonchev–Trinajstić information content (AvgIpc) is 2.97. The Morgan fingerprint density at radius 3 is 2.57 bits per heavy atom. The van der Waals surface area contributed by atoms with E-state index < -0.39 is 33.6 Å². The molecule has 0 amide bonds. The standard InChI is InChI=1S/C15H19NO6S/c17-15(18)13(7-10-3-1-2-4-10)11-5-6-12(9-23(21)22)14(8-11)16(19)20/h5-6,8,10,13H,1-4,7,9H2,(H,17,18)(H,21,22)/p-1. The monoisotopic (exact) mass is 340 g/mol. The molecule has 0 spiro atoms. The number of nitro groups is 1. The van der Waals surface area contributed by atoms with E-state index in [1.807, 2.05) is 0 Å². The van der Waals surface area contributed by atoms with E-state index in [0.717, 1.165) is 25.7 Å². The Morgan fingerprint density at radius 1 is 1.39 bits per heavy atom. The molecule has 0 heterocycles. The van der Waals surface area contributed by atoms with Gasteiger partial charge in [0.2, 0.25) is 0 Å². The summed E-state index contributed by atoms with van der Waals surface area (Å²) in [7, 11) is 0. The summed E-state index contributed by atoms with van der Waals surface area (Å²) in [6, 6.07) is 4.03. The van der Waals surface area contributed by atoms with Crippen molar-refractivity contribution in [3.8, 4) is 0 Å². The van der Waals surface area contributed by atoms with Gasteiger partial charge in [-0.2, -0.15) is 0 Å². The number of carbonyl (C=O) groups is 1. The molecule has 1 aromatic carbocycles. The molecular weight excluding hydrogens is 322 g/mol. The first-order valence-electron chi connectivity index (χ1n) is 7.44. The van der Waals surface area contributed by atoms with Crippen molar-refractivity contribution in [2.24, 2.45) is 5.92 Å². The molecule has 0 aliphatic heterocycles. The van der Waals surface area contributed by atoms with Crippen LogP contribution in [0.15, 0.2) is 18.2 Å². The molecule has 1 saturated carbocycles. The van der Waals surface area contributed by atoms with Crippen LogP contribution < -0.4 is 0 Å². The molecule has 2 atom stereocenters. The minimum absolute atomic E-state index is 0.0667. The molecule has 126 valence electrons. The molecule has 1 aliphatic rings. The summed E-state index contributed by atoms with van der Waals surface area (Å²) in [5, 5.41) is 20.6. The van der Waals surface area contributed by atoms with Crippen molar-refractivity contribution in [3.63, 3.8) is 0 Å². The first kappa shape index (κ1) is 17.6. The number of benzene rings is 1. The number of nitrogens with zero attached hydrogens (tertiary/aromatic N) is 1. The van der Waals surface area contributed by atoms with Crippen molar-refractivity contribution < 1.29 is 23.6 Å². The fourth-order valence-electron chi connectivity index (χ4n) is 3.18. The van der Waals surface area contributed by atoms with Crippen LogP contribution in [0.5, 0.6) is 0 Å². The van der Waals surface area contributed by atoms with Crippen LogP contribution in [0.4, 0.5) is 5.69 Å². The van der Waals surface area contributed by atoms with Gasteiger partial charge in [-0.25, -0.2) is 0 Å². The van der Waals surface area contributed by atoms with Gasteiger partial charge in [0.1, 0.15) is 0 Å². The highest BCUT2D eigenvalue weighted by Gasteiger charge is 2.28. The van der Waals surface area contributed by atoms with E-state index in [1.165, 1.54) is 18.2 Å². The van der Waals surface area contributed by atoms with Gasteiger partial charge >= 0.3 is 5.97 Å². The maximum Gasteiger partial charge on any atom is 0.310 e. The predicted molar refractivity (Wildman–Crippen MR) is 82.7 cm³/mol. The van der Waals surface area contributed by atoms with E-state index in [1.54, 1.807) is 0 Å². The Bertz CT molecular complexity index is 626. The van der Waals surface area contributed by atoms with Crippen LogP contribution in [-0.2, 0) is 21.6 Å². The van der Waals surface area contributed by atoms with Gasteiger partial charge in [-0.05, 0) is 17.9 Å². The van der Waals surface area contributed by atoms with E-state index in [-0.39, 0.29) is 11.3 Å². The van der Waals surface area contributed by atoms with Crippen molar-refractivity contribution in [1.29, 1.82) is 0 Å². The maximum atomic E-state index is 11.6. The van der Waals surface area contributed by atoms with E-state index in [9.17, 15) is 28.8 Å². The third-order valence-electron chi connectivity index (χ3n) is 4.32. The fraction of sp³-hybridized carbons (Fsp3) is 0.533. The Balaban J connectivity index is 2.31. The van der Waals surface area contributed by atoms with Crippen LogP contribution in [0.25, 0.3) is 0 Å². The lowest BCUT2D eigenvalue weighted by Gasteiger charge is -2.17. The lowest BCUT2D eigenvalue weighted by molar-refractivity contribution is -0.385. The average molecular weight is 340 g/mol. The highest BCUT2D eigenvalue weighted by Crippen LogP contribution is 2.35. The van der Waals surface area contributed by atoms with Crippen LogP contribution in [0.2, 0.25) is 0 Å². The molecular formula is C15H18NO6S-. The molecule has 1 aromatic rings. The molecule has 0 radical (unpaired) electrons. The quantitative estimate of drug-likeness (QED) is 0.463. The number of carboxylic acid groups (broad SMARTS) is 1. The Morgan fingerprint density at radius 2 is 2.04 bits per heavy atom. The molecule has 1 aliphatic carbocycles. The molecule has 0 bridgehead atoms. The number of nitro benzene ring substituents is 1. The van der Waals surface area contributed by atoms with E-state index in [4.69, 9.17) is 0 Å². The molecule has 2 unspecified atom stereocenters. The first-order chi connectivity index (χ1) is 10.9. The molecule has 0 aromatic heterocycles. The fourth-order valence-corrected chi connectivity index (χ4v) is 3.67. The van der Waals surface area contributed by atoms with Crippen LogP contribution in [0.3, 0.4) is 0 Å². The van der Waals surface area contributed by atoms with Crippen LogP contribution >= 0.6 is 0 Å². The summed E-state index contributed by atoms with van der Waals surface area (Å²) in [5.41, 5.74) is 0.0815. The number of aliphatic carboxylic acids is 1. The second-order valence-corrected chi connectivity index (χ2v) is 6.77. The summed E-state index contributed by atoms with van der Waals surface area (Å²) >= 11 is -2.44. The van der Waals surface area contributed by atoms with Crippen LogP contribution in [0, 0.1) is 16.0 Å². The zero-order valence-electron chi connectivity index (χ0n) is 12.5. The molecule has 2 rings (SSSR count). The second kappa shape index (κ2) is 7.65. The van der Waals surface area contributed by atoms with Gasteiger partial charge < -0.3 is 9.66 Å². The van der Waals surface area contributed by atoms with Crippen molar-refractivity contribution in [2.75, 3.05) is 0 Å². The predicted octanol–water partition coefficient (Wildman–Crippen LogP) is 2.72. The van der Waals surface area contributed by atoms with E-state index >= 15 is 0 Å². The van der Waals surface area contributed by atoms with Gasteiger partial charge in [0, 0.05) is 17.4 Å². The van der Waals surface area contributed by atoms with Gasteiger partial charge in [0.25, 0.3) is 5.69 Å². The topological polar surface area (TPSA) is 121 Å². The third kappa shape index (κ3) is 4.59. The second-order valence-electron chi connectivity index (χ2n) is 5.87. The Labute approximate surface area is 136 Å². The maximum absolute atomic E-state index is 11.6. The minimum Gasteiger partial charge on any atom is -0.772 e. The normalized spacial score (nSPS) is 17.8. The summed E-state index contributed by atoms with van der Waals surface area (Å²) < 4.78 is 21.6. The molecule has 1 fully saturated rings. The lowest BCUT2D eigenvalue weighted by atomic mass is 9.87. The van der Waals surface area contributed by atoms with Gasteiger partial charge in [-0.15, -0.1) is 0 Å². The van der Waals surface area contributed by atoms with Crippen LogP contribution in [-0.4, -0.2) is 24.8 Å². The van der Waals surface area contributed by atoms with Crippen molar-refractivity contribution in [2.45, 2.75) is 43.8 Å². The highest BCUT2D eigenvalue weighted by molar-refractivity contribution is 7.78. The van der Waals surface area contributed by atoms with E-state index in [0.29, 0.717) is 17.9 Å². The number of hydrogen-bond donors (Lipinski definition) is 1. The molecule has 1 N–H and O–H groups in total. The summed E-state index contributed by atoms with van der Waals surface area (Å²) in [6.45, 7) is 0. The minimum atomic E-state index is -2.44.